The van der Waals surface area contributed by atoms with Crippen molar-refractivity contribution in [2.24, 2.45) is 5.92 Å². The van der Waals surface area contributed by atoms with E-state index in [0.29, 0.717) is 6.04 Å². The molecule has 4 heteroatoms. The maximum absolute atomic E-state index is 4.29. The quantitative estimate of drug-likeness (QED) is 0.816. The highest BCUT2D eigenvalue weighted by Crippen LogP contribution is 2.09. The lowest BCUT2D eigenvalue weighted by Crippen LogP contribution is -2.40. The molecule has 2 heterocycles. The van der Waals surface area contributed by atoms with Crippen LogP contribution in [0, 0.1) is 12.8 Å². The molecule has 1 saturated heterocycles. The Balaban J connectivity index is 1.84. The van der Waals surface area contributed by atoms with Crippen LogP contribution in [0.2, 0.25) is 0 Å². The molecule has 0 aromatic carbocycles. The Bertz CT molecular complexity index is 366. The first-order chi connectivity index (χ1) is 9.15. The molecule has 1 aliphatic rings. The lowest BCUT2D eigenvalue weighted by molar-refractivity contribution is 0.216. The molecular weight excluding hydrogens is 236 g/mol. The normalized spacial score (nSPS) is 19.7. The minimum Gasteiger partial charge on any atom is -0.334 e. The summed E-state index contributed by atoms with van der Waals surface area (Å²) >= 11 is 0. The Labute approximate surface area is 117 Å². The van der Waals surface area contributed by atoms with E-state index in [9.17, 15) is 0 Å². The van der Waals surface area contributed by atoms with E-state index in [-0.39, 0.29) is 0 Å². The fraction of sp³-hybridized carbons (Fsp3) is 0.800. The van der Waals surface area contributed by atoms with Crippen LogP contribution in [0.5, 0.6) is 0 Å². The number of nitrogens with one attached hydrogen (secondary N) is 1. The highest BCUT2D eigenvalue weighted by atomic mass is 15.2. The minimum atomic E-state index is 0.697. The molecule has 0 bridgehead atoms. The summed E-state index contributed by atoms with van der Waals surface area (Å²) in [5.41, 5.74) is 0. The Morgan fingerprint density at radius 1 is 1.53 bits per heavy atom. The molecule has 0 saturated carbocycles. The Morgan fingerprint density at radius 3 is 2.95 bits per heavy atom. The molecule has 0 radical (unpaired) electrons. The van der Waals surface area contributed by atoms with Crippen LogP contribution in [0.15, 0.2) is 12.4 Å². The van der Waals surface area contributed by atoms with Gasteiger partial charge in [-0.3, -0.25) is 4.90 Å². The van der Waals surface area contributed by atoms with Crippen molar-refractivity contribution in [2.45, 2.75) is 46.2 Å². The fourth-order valence-corrected chi connectivity index (χ4v) is 2.89. The predicted octanol–water partition coefficient (Wildman–Crippen LogP) is 1.90. The van der Waals surface area contributed by atoms with Gasteiger partial charge in [-0.05, 0) is 32.2 Å². The van der Waals surface area contributed by atoms with Gasteiger partial charge in [-0.25, -0.2) is 4.98 Å². The number of imidazole rings is 1. The van der Waals surface area contributed by atoms with Gasteiger partial charge in [0, 0.05) is 44.6 Å². The lowest BCUT2D eigenvalue weighted by atomic mass is 10.1. The minimum absolute atomic E-state index is 0.697. The fourth-order valence-electron chi connectivity index (χ4n) is 2.89. The third kappa shape index (κ3) is 4.62. The highest BCUT2D eigenvalue weighted by Gasteiger charge is 2.18. The summed E-state index contributed by atoms with van der Waals surface area (Å²) in [6, 6.07) is 0.697. The summed E-state index contributed by atoms with van der Waals surface area (Å²) in [5.74, 6) is 1.84. The average molecular weight is 264 g/mol. The Hall–Kier alpha value is -0.870. The molecule has 4 nitrogen and oxygen atoms in total. The van der Waals surface area contributed by atoms with Gasteiger partial charge < -0.3 is 9.88 Å². The summed E-state index contributed by atoms with van der Waals surface area (Å²) in [5, 5.41) is 3.60. The van der Waals surface area contributed by atoms with Crippen molar-refractivity contribution in [3.8, 4) is 0 Å². The van der Waals surface area contributed by atoms with E-state index in [1.165, 1.54) is 32.5 Å². The summed E-state index contributed by atoms with van der Waals surface area (Å²) < 4.78 is 2.25. The van der Waals surface area contributed by atoms with Crippen molar-refractivity contribution < 1.29 is 0 Å². The second kappa shape index (κ2) is 7.06. The summed E-state index contributed by atoms with van der Waals surface area (Å²) in [4.78, 5) is 6.90. The molecule has 1 atom stereocenters. The standard InChI is InChI=1S/C15H28N4/c1-13(2)11-18(12-15-5-4-6-17-15)9-10-19-8-7-16-14(19)3/h7-8,13,15,17H,4-6,9-12H2,1-3H3. The van der Waals surface area contributed by atoms with Crippen LogP contribution in [0.1, 0.15) is 32.5 Å². The number of nitrogens with zero attached hydrogens (tertiary/aromatic N) is 3. The van der Waals surface area contributed by atoms with E-state index in [1.54, 1.807) is 0 Å². The van der Waals surface area contributed by atoms with Crippen LogP contribution in [0.3, 0.4) is 0 Å². The first-order valence-corrected chi connectivity index (χ1v) is 7.58. The SMILES string of the molecule is Cc1nccn1CCN(CC(C)C)CC1CCCN1. The third-order valence-electron chi connectivity index (χ3n) is 3.85. The number of hydrogen-bond acceptors (Lipinski definition) is 3. The molecule has 0 spiro atoms. The number of aromatic nitrogens is 2. The molecule has 108 valence electrons. The van der Waals surface area contributed by atoms with Crippen LogP contribution in [-0.4, -0.2) is 46.7 Å². The zero-order chi connectivity index (χ0) is 13.7. The van der Waals surface area contributed by atoms with E-state index in [0.717, 1.165) is 24.8 Å². The van der Waals surface area contributed by atoms with Gasteiger partial charge in [0.05, 0.1) is 0 Å². The van der Waals surface area contributed by atoms with Crippen molar-refractivity contribution in [3.63, 3.8) is 0 Å². The van der Waals surface area contributed by atoms with Crippen LogP contribution in [0.25, 0.3) is 0 Å². The van der Waals surface area contributed by atoms with Crippen molar-refractivity contribution in [2.75, 3.05) is 26.2 Å². The second-order valence-corrected chi connectivity index (χ2v) is 6.11. The number of aryl methyl sites for hydroxylation is 1. The van der Waals surface area contributed by atoms with Gasteiger partial charge in [-0.2, -0.15) is 0 Å². The Morgan fingerprint density at radius 2 is 2.37 bits per heavy atom. The monoisotopic (exact) mass is 264 g/mol. The van der Waals surface area contributed by atoms with Crippen molar-refractivity contribution in [3.05, 3.63) is 18.2 Å². The van der Waals surface area contributed by atoms with Crippen molar-refractivity contribution in [1.29, 1.82) is 0 Å². The third-order valence-corrected chi connectivity index (χ3v) is 3.85. The van der Waals surface area contributed by atoms with Crippen LogP contribution >= 0.6 is 0 Å². The highest BCUT2D eigenvalue weighted by molar-refractivity contribution is 4.88. The molecule has 2 rings (SSSR count). The van der Waals surface area contributed by atoms with Gasteiger partial charge in [0.1, 0.15) is 5.82 Å². The first kappa shape index (κ1) is 14.5. The number of rotatable bonds is 7. The average Bonchev–Trinajstić information content (AvgIpc) is 2.97. The van der Waals surface area contributed by atoms with Crippen LogP contribution < -0.4 is 5.32 Å². The smallest absolute Gasteiger partial charge is 0.105 e. The second-order valence-electron chi connectivity index (χ2n) is 6.11. The molecule has 1 fully saturated rings. The van der Waals surface area contributed by atoms with Gasteiger partial charge in [-0.15, -0.1) is 0 Å². The van der Waals surface area contributed by atoms with Crippen LogP contribution in [0.4, 0.5) is 0 Å². The lowest BCUT2D eigenvalue weighted by Gasteiger charge is -2.27. The molecule has 1 aromatic rings. The number of hydrogen-bond donors (Lipinski definition) is 1. The molecule has 19 heavy (non-hydrogen) atoms. The van der Waals surface area contributed by atoms with Crippen LogP contribution in [-0.2, 0) is 6.54 Å². The zero-order valence-corrected chi connectivity index (χ0v) is 12.6. The van der Waals surface area contributed by atoms with Crippen molar-refractivity contribution >= 4 is 0 Å². The van der Waals surface area contributed by atoms with E-state index < -0.39 is 0 Å². The van der Waals surface area contributed by atoms with Gasteiger partial charge >= 0.3 is 0 Å². The van der Waals surface area contributed by atoms with E-state index in [1.807, 2.05) is 6.20 Å². The molecule has 1 aliphatic heterocycles. The molecule has 1 aromatic heterocycles. The van der Waals surface area contributed by atoms with Gasteiger partial charge in [-0.1, -0.05) is 13.8 Å². The molecule has 1 N–H and O–H groups in total. The first-order valence-electron chi connectivity index (χ1n) is 7.58. The molecule has 0 aliphatic carbocycles. The van der Waals surface area contributed by atoms with Gasteiger partial charge in [0.25, 0.3) is 0 Å². The van der Waals surface area contributed by atoms with Gasteiger partial charge in [0.2, 0.25) is 0 Å². The summed E-state index contributed by atoms with van der Waals surface area (Å²) in [6.45, 7) is 12.4. The van der Waals surface area contributed by atoms with E-state index in [4.69, 9.17) is 0 Å². The molecule has 1 unspecified atom stereocenters. The summed E-state index contributed by atoms with van der Waals surface area (Å²) in [7, 11) is 0. The Kier molecular flexibility index (Phi) is 5.40. The molecule has 0 amide bonds. The van der Waals surface area contributed by atoms with E-state index >= 15 is 0 Å². The predicted molar refractivity (Wildman–Crippen MR) is 79.3 cm³/mol. The largest absolute Gasteiger partial charge is 0.334 e. The van der Waals surface area contributed by atoms with Gasteiger partial charge in [0.15, 0.2) is 0 Å². The maximum atomic E-state index is 4.29. The van der Waals surface area contributed by atoms with E-state index in [2.05, 4.69) is 46.7 Å². The topological polar surface area (TPSA) is 33.1 Å². The summed E-state index contributed by atoms with van der Waals surface area (Å²) in [6.07, 6.45) is 6.64. The maximum Gasteiger partial charge on any atom is 0.105 e. The van der Waals surface area contributed by atoms with Crippen molar-refractivity contribution in [1.82, 2.24) is 19.8 Å². The zero-order valence-electron chi connectivity index (χ0n) is 12.6. The molecular formula is C15H28N4.